The molecule has 0 radical (unpaired) electrons. The molecule has 0 bridgehead atoms. The number of hydrogen-bond acceptors (Lipinski definition) is 2. The van der Waals surface area contributed by atoms with Gasteiger partial charge < -0.3 is 5.32 Å². The van der Waals surface area contributed by atoms with Crippen molar-refractivity contribution in [1.29, 1.82) is 0 Å². The summed E-state index contributed by atoms with van der Waals surface area (Å²) in [5.74, 6) is -2.38. The number of nitrogens with one attached hydrogen (secondary N) is 1. The summed E-state index contributed by atoms with van der Waals surface area (Å²) in [7, 11) is 0. The van der Waals surface area contributed by atoms with Gasteiger partial charge in [-0.3, -0.25) is 0 Å². The van der Waals surface area contributed by atoms with Gasteiger partial charge in [0.25, 0.3) is 5.76 Å². The van der Waals surface area contributed by atoms with Crippen LogP contribution < -0.4 is 5.32 Å². The van der Waals surface area contributed by atoms with Crippen LogP contribution in [0.2, 0.25) is 0 Å². The lowest BCUT2D eigenvalue weighted by molar-refractivity contribution is 0.252. The van der Waals surface area contributed by atoms with Gasteiger partial charge in [0.05, 0.1) is 0 Å². The molecule has 1 atom stereocenters. The average Bonchev–Trinajstić information content (AvgIpc) is 2.32. The highest BCUT2D eigenvalue weighted by Crippen LogP contribution is 2.32. The highest BCUT2D eigenvalue weighted by atomic mass is 32.2. The van der Waals surface area contributed by atoms with Crippen LogP contribution >= 0.6 is 11.8 Å². The minimum atomic E-state index is -2.38. The molecule has 4 heteroatoms. The van der Waals surface area contributed by atoms with Gasteiger partial charge in [0.15, 0.2) is 0 Å². The second-order valence-corrected chi connectivity index (χ2v) is 5.02. The van der Waals surface area contributed by atoms with Gasteiger partial charge in [-0.2, -0.15) is 8.78 Å². The van der Waals surface area contributed by atoms with Gasteiger partial charge in [0.1, 0.15) is 0 Å². The van der Waals surface area contributed by atoms with Crippen LogP contribution in [0.25, 0.3) is 0 Å². The first-order chi connectivity index (χ1) is 8.25. The number of thioether (sulfide) groups is 1. The largest absolute Gasteiger partial charge is 0.378 e. The molecule has 1 aromatic carbocycles. The Balaban J connectivity index is 2.08. The molecule has 0 amide bonds. The Kier molecular flexibility index (Phi) is 4.42. The fourth-order valence-corrected chi connectivity index (χ4v) is 2.52. The predicted molar refractivity (Wildman–Crippen MR) is 68.7 cm³/mol. The molecule has 0 spiro atoms. The van der Waals surface area contributed by atoms with E-state index in [-0.39, 0.29) is 6.04 Å². The van der Waals surface area contributed by atoms with E-state index in [2.05, 4.69) is 17.5 Å². The maximum Gasteiger partial charge on any atom is 0.288 e. The lowest BCUT2D eigenvalue weighted by Crippen LogP contribution is -2.18. The molecule has 0 heterocycles. The van der Waals surface area contributed by atoms with Crippen LogP contribution in [0.5, 0.6) is 0 Å². The molecule has 0 saturated heterocycles. The van der Waals surface area contributed by atoms with Crippen LogP contribution in [0, 0.1) is 0 Å². The van der Waals surface area contributed by atoms with Crippen molar-refractivity contribution < 1.29 is 8.78 Å². The molecule has 1 aliphatic rings. The first-order valence-corrected chi connectivity index (χ1v) is 6.61. The summed E-state index contributed by atoms with van der Waals surface area (Å²) in [5.41, 5.74) is 0.800. The molecule has 1 N–H and O–H groups in total. The summed E-state index contributed by atoms with van der Waals surface area (Å²) in [6, 6.07) is 7.50. The maximum atomic E-state index is 12.4. The van der Waals surface area contributed by atoms with Gasteiger partial charge in [-0.15, -0.1) is 0 Å². The number of benzene rings is 1. The third-order valence-electron chi connectivity index (χ3n) is 2.70. The van der Waals surface area contributed by atoms with Gasteiger partial charge in [-0.25, -0.2) is 0 Å². The molecular weight excluding hydrogens is 240 g/mol. The zero-order valence-corrected chi connectivity index (χ0v) is 10.2. The standard InChI is InChI=1S/C13H15F2NS/c14-13(15)17-12-9-5-4-8-11(12)16-10-6-2-1-3-7-10/h2,4-6,8-10,13,16H,1,3,7H2. The Morgan fingerprint density at radius 3 is 2.82 bits per heavy atom. The zero-order valence-electron chi connectivity index (χ0n) is 9.40. The highest BCUT2D eigenvalue weighted by molar-refractivity contribution is 7.99. The van der Waals surface area contributed by atoms with Gasteiger partial charge >= 0.3 is 0 Å². The van der Waals surface area contributed by atoms with Crippen molar-refractivity contribution in [1.82, 2.24) is 0 Å². The monoisotopic (exact) mass is 255 g/mol. The van der Waals surface area contributed by atoms with E-state index < -0.39 is 5.76 Å². The second-order valence-electron chi connectivity index (χ2n) is 3.98. The number of rotatable bonds is 4. The maximum absolute atomic E-state index is 12.4. The molecule has 17 heavy (non-hydrogen) atoms. The van der Waals surface area contributed by atoms with Crippen molar-refractivity contribution in [3.8, 4) is 0 Å². The molecule has 0 fully saturated rings. The minimum Gasteiger partial charge on any atom is -0.378 e. The average molecular weight is 255 g/mol. The van der Waals surface area contributed by atoms with Crippen LogP contribution in [0.15, 0.2) is 41.3 Å². The van der Waals surface area contributed by atoms with Crippen molar-refractivity contribution in [3.63, 3.8) is 0 Å². The number of halogens is 2. The Bertz CT molecular complexity index is 393. The summed E-state index contributed by atoms with van der Waals surface area (Å²) in [5, 5.41) is 3.31. The van der Waals surface area contributed by atoms with E-state index in [1.54, 1.807) is 12.1 Å². The Labute approximate surface area is 104 Å². The summed E-state index contributed by atoms with van der Waals surface area (Å²) in [6.07, 6.45) is 7.59. The second kappa shape index (κ2) is 6.05. The lowest BCUT2D eigenvalue weighted by Gasteiger charge is -2.20. The van der Waals surface area contributed by atoms with E-state index >= 15 is 0 Å². The number of para-hydroxylation sites is 1. The Morgan fingerprint density at radius 1 is 1.29 bits per heavy atom. The van der Waals surface area contributed by atoms with Gasteiger partial charge in [0, 0.05) is 16.6 Å². The van der Waals surface area contributed by atoms with Crippen LogP contribution in [0.4, 0.5) is 14.5 Å². The number of allylic oxidation sites excluding steroid dienone is 1. The van der Waals surface area contributed by atoms with E-state index in [0.29, 0.717) is 16.7 Å². The first kappa shape index (κ1) is 12.4. The highest BCUT2D eigenvalue weighted by Gasteiger charge is 2.13. The van der Waals surface area contributed by atoms with Crippen molar-refractivity contribution in [3.05, 3.63) is 36.4 Å². The summed E-state index contributed by atoms with van der Waals surface area (Å²) < 4.78 is 24.8. The van der Waals surface area contributed by atoms with Crippen LogP contribution in [0.3, 0.4) is 0 Å². The number of alkyl halides is 2. The van der Waals surface area contributed by atoms with E-state index in [0.717, 1.165) is 24.9 Å². The molecule has 0 aromatic heterocycles. The van der Waals surface area contributed by atoms with Gasteiger partial charge in [-0.1, -0.05) is 36.0 Å². The third kappa shape index (κ3) is 3.73. The van der Waals surface area contributed by atoms with Gasteiger partial charge in [-0.05, 0) is 31.4 Å². The molecule has 92 valence electrons. The van der Waals surface area contributed by atoms with Crippen molar-refractivity contribution in [2.24, 2.45) is 0 Å². The fraction of sp³-hybridized carbons (Fsp3) is 0.385. The summed E-state index contributed by atoms with van der Waals surface area (Å²) >= 11 is 0.594. The Morgan fingerprint density at radius 2 is 2.12 bits per heavy atom. The quantitative estimate of drug-likeness (QED) is 0.627. The van der Waals surface area contributed by atoms with E-state index in [4.69, 9.17) is 0 Å². The molecular formula is C13H15F2NS. The molecule has 0 aliphatic heterocycles. The molecule has 1 nitrogen and oxygen atoms in total. The minimum absolute atomic E-state index is 0.267. The van der Waals surface area contributed by atoms with Crippen LogP contribution in [-0.4, -0.2) is 11.8 Å². The Hall–Kier alpha value is -1.03. The zero-order chi connectivity index (χ0) is 12.1. The van der Waals surface area contributed by atoms with Crippen molar-refractivity contribution in [2.45, 2.75) is 36.0 Å². The molecule has 1 aromatic rings. The molecule has 1 unspecified atom stereocenters. The lowest BCUT2D eigenvalue weighted by atomic mass is 10.0. The van der Waals surface area contributed by atoms with Crippen LogP contribution in [0.1, 0.15) is 19.3 Å². The van der Waals surface area contributed by atoms with Crippen LogP contribution in [-0.2, 0) is 0 Å². The SMILES string of the molecule is FC(F)Sc1ccccc1NC1C=CCCC1. The first-order valence-electron chi connectivity index (χ1n) is 5.73. The predicted octanol–water partition coefficient (Wildman–Crippen LogP) is 4.52. The third-order valence-corrected chi connectivity index (χ3v) is 3.49. The number of anilines is 1. The summed E-state index contributed by atoms with van der Waals surface area (Å²) in [4.78, 5) is 0.612. The van der Waals surface area contributed by atoms with Gasteiger partial charge in [0.2, 0.25) is 0 Å². The van der Waals surface area contributed by atoms with E-state index in [9.17, 15) is 8.78 Å². The number of hydrogen-bond donors (Lipinski definition) is 1. The van der Waals surface area contributed by atoms with E-state index in [1.165, 1.54) is 0 Å². The normalized spacial score (nSPS) is 19.6. The van der Waals surface area contributed by atoms with Crippen molar-refractivity contribution >= 4 is 17.4 Å². The molecule has 2 rings (SSSR count). The molecule has 0 saturated carbocycles. The van der Waals surface area contributed by atoms with E-state index in [1.807, 2.05) is 12.1 Å². The fourth-order valence-electron chi connectivity index (χ4n) is 1.92. The topological polar surface area (TPSA) is 12.0 Å². The van der Waals surface area contributed by atoms with Crippen molar-refractivity contribution in [2.75, 3.05) is 5.32 Å². The molecule has 1 aliphatic carbocycles. The smallest absolute Gasteiger partial charge is 0.288 e. The summed E-state index contributed by atoms with van der Waals surface area (Å²) in [6.45, 7) is 0.